The average molecular weight is 134 g/mol. The third-order valence-electron chi connectivity index (χ3n) is 1.16. The van der Waals surface area contributed by atoms with Gasteiger partial charge in [-0.3, -0.25) is 0 Å². The second-order valence-corrected chi connectivity index (χ2v) is 2.70. The summed E-state index contributed by atoms with van der Waals surface area (Å²) < 4.78 is 0. The van der Waals surface area contributed by atoms with Crippen molar-refractivity contribution in [3.8, 4) is 10.6 Å². The Morgan fingerprint density at radius 1 is 1.56 bits per heavy atom. The van der Waals surface area contributed by atoms with Crippen LogP contribution < -0.4 is 0 Å². The molecule has 0 amide bonds. The van der Waals surface area contributed by atoms with Crippen LogP contribution >= 0.6 is 11.3 Å². The van der Waals surface area contributed by atoms with Crippen LogP contribution in [0.1, 0.15) is 0 Å². The van der Waals surface area contributed by atoms with E-state index in [0.29, 0.717) is 0 Å². The van der Waals surface area contributed by atoms with Gasteiger partial charge in [-0.1, -0.05) is 6.07 Å². The van der Waals surface area contributed by atoms with Gasteiger partial charge in [0.15, 0.2) is 0 Å². The van der Waals surface area contributed by atoms with Crippen LogP contribution in [0.2, 0.25) is 0 Å². The maximum Gasteiger partial charge on any atom is 0.0909 e. The maximum atomic E-state index is 4.00. The summed E-state index contributed by atoms with van der Waals surface area (Å²) in [6, 6.07) is 5.89. The van der Waals surface area contributed by atoms with Crippen molar-refractivity contribution < 1.29 is 0 Å². The van der Waals surface area contributed by atoms with E-state index in [1.165, 1.54) is 4.88 Å². The molecule has 9 heavy (non-hydrogen) atoms. The highest BCUT2D eigenvalue weighted by molar-refractivity contribution is 7.13. The van der Waals surface area contributed by atoms with Crippen LogP contribution in [0.15, 0.2) is 23.6 Å². The summed E-state index contributed by atoms with van der Waals surface area (Å²) in [5.74, 6) is 0. The molecule has 1 radical (unpaired) electrons. The minimum Gasteiger partial charge on any atom is -0.245 e. The van der Waals surface area contributed by atoms with Crippen LogP contribution in [0.5, 0.6) is 0 Å². The Kier molecular flexibility index (Phi) is 0.993. The molecule has 2 heterocycles. The van der Waals surface area contributed by atoms with Crippen molar-refractivity contribution >= 4 is 11.3 Å². The molecule has 0 N–H and O–H groups in total. The molecule has 0 aliphatic carbocycles. The van der Waals surface area contributed by atoms with E-state index < -0.39 is 0 Å². The number of hydrogen-bond acceptors (Lipinski definition) is 2. The van der Waals surface area contributed by atoms with Crippen molar-refractivity contribution in [2.45, 2.75) is 0 Å². The Hall–Kier alpha value is -0.890. The summed E-state index contributed by atoms with van der Waals surface area (Å²) in [4.78, 5) is 5.21. The van der Waals surface area contributed by atoms with E-state index in [2.05, 4.69) is 11.2 Å². The quantitative estimate of drug-likeness (QED) is 0.537. The van der Waals surface area contributed by atoms with E-state index in [0.717, 1.165) is 5.69 Å². The number of fused-ring (bicyclic) bond motifs is 1. The lowest BCUT2D eigenvalue weighted by molar-refractivity contribution is 1.40. The highest BCUT2D eigenvalue weighted by atomic mass is 32.1. The molecule has 0 saturated heterocycles. The largest absolute Gasteiger partial charge is 0.245 e. The molecule has 1 nitrogen and oxygen atoms in total. The first-order valence-electron chi connectivity index (χ1n) is 2.67. The molecule has 0 atom stereocenters. The van der Waals surface area contributed by atoms with Gasteiger partial charge in [-0.15, -0.1) is 11.3 Å². The predicted molar refractivity (Wildman–Crippen MR) is 37.6 cm³/mol. The lowest BCUT2D eigenvalue weighted by Gasteiger charge is -1.89. The molecule has 2 aliphatic heterocycles. The molecule has 0 aromatic carbocycles. The summed E-state index contributed by atoms with van der Waals surface area (Å²) in [5.41, 5.74) is 1.04. The van der Waals surface area contributed by atoms with Gasteiger partial charge in [0.2, 0.25) is 0 Å². The van der Waals surface area contributed by atoms with Gasteiger partial charge >= 0.3 is 0 Å². The van der Waals surface area contributed by atoms with Crippen molar-refractivity contribution in [3.63, 3.8) is 0 Å². The highest BCUT2D eigenvalue weighted by Crippen LogP contribution is 2.22. The zero-order valence-corrected chi connectivity index (χ0v) is 5.48. The van der Waals surface area contributed by atoms with Gasteiger partial charge in [0.25, 0.3) is 0 Å². The molecule has 0 saturated carbocycles. The number of nitrogens with zero attached hydrogens (tertiary/aromatic N) is 1. The summed E-state index contributed by atoms with van der Waals surface area (Å²) in [6.07, 6.45) is 2.80. The molecule has 0 aromatic heterocycles. The fraction of sp³-hybridized carbons (Fsp3) is 0. The van der Waals surface area contributed by atoms with E-state index in [1.54, 1.807) is 11.3 Å². The number of rotatable bonds is 0. The Morgan fingerprint density at radius 3 is 3.44 bits per heavy atom. The Labute approximate surface area is 57.3 Å². The van der Waals surface area contributed by atoms with Crippen LogP contribution in [0.3, 0.4) is 0 Å². The summed E-state index contributed by atoms with van der Waals surface area (Å²) in [5, 5.41) is 2.04. The molecule has 0 spiro atoms. The van der Waals surface area contributed by atoms with Gasteiger partial charge in [-0.2, -0.15) is 0 Å². The van der Waals surface area contributed by atoms with Crippen LogP contribution in [-0.4, -0.2) is 4.98 Å². The zero-order chi connectivity index (χ0) is 6.10. The minimum absolute atomic E-state index is 1.04. The van der Waals surface area contributed by atoms with E-state index in [1.807, 2.05) is 23.6 Å². The molecule has 43 valence electrons. The molecule has 2 heteroatoms. The fourth-order valence-electron chi connectivity index (χ4n) is 0.746. The van der Waals surface area contributed by atoms with Gasteiger partial charge in [-0.05, 0) is 17.5 Å². The Morgan fingerprint density at radius 2 is 2.56 bits per heavy atom. The van der Waals surface area contributed by atoms with Crippen LogP contribution in [0.25, 0.3) is 10.6 Å². The Bertz CT molecular complexity index is 249. The first kappa shape index (κ1) is 4.94. The molecule has 0 aromatic rings. The third-order valence-corrected chi connectivity index (χ3v) is 2.03. The standard InChI is InChI=1S/C7H4NS/c1-2-6-7(9-5-1)3-4-8-6/h1-3,5H. The molecular formula is C7H4NS. The van der Waals surface area contributed by atoms with Gasteiger partial charge in [0.1, 0.15) is 0 Å². The van der Waals surface area contributed by atoms with Crippen molar-refractivity contribution in [3.05, 3.63) is 29.8 Å². The molecule has 0 bridgehead atoms. The van der Waals surface area contributed by atoms with Crippen molar-refractivity contribution in [1.29, 1.82) is 0 Å². The topological polar surface area (TPSA) is 12.9 Å². The highest BCUT2D eigenvalue weighted by Gasteiger charge is 1.99. The summed E-state index contributed by atoms with van der Waals surface area (Å²) >= 11 is 1.69. The first-order valence-corrected chi connectivity index (χ1v) is 3.55. The fourth-order valence-corrected chi connectivity index (χ4v) is 1.41. The van der Waals surface area contributed by atoms with E-state index in [9.17, 15) is 0 Å². The van der Waals surface area contributed by atoms with E-state index >= 15 is 0 Å². The summed E-state index contributed by atoms with van der Waals surface area (Å²) in [6.45, 7) is 0. The van der Waals surface area contributed by atoms with Gasteiger partial charge in [-0.25, -0.2) is 4.98 Å². The maximum absolute atomic E-state index is 4.00. The number of hydrogen-bond donors (Lipinski definition) is 0. The van der Waals surface area contributed by atoms with E-state index in [-0.39, 0.29) is 0 Å². The lowest BCUT2D eigenvalue weighted by atomic mass is 10.4. The monoisotopic (exact) mass is 134 g/mol. The van der Waals surface area contributed by atoms with Crippen LogP contribution in [0, 0.1) is 6.20 Å². The molecule has 2 rings (SSSR count). The average Bonchev–Trinajstić information content (AvgIpc) is 2.33. The van der Waals surface area contributed by atoms with Crippen molar-refractivity contribution in [2.24, 2.45) is 0 Å². The van der Waals surface area contributed by atoms with Gasteiger partial charge in [0.05, 0.1) is 16.8 Å². The predicted octanol–water partition coefficient (Wildman–Crippen LogP) is 2.05. The minimum atomic E-state index is 1.04. The SMILES string of the molecule is [c]1cc2scccc-2n1. The molecule has 0 unspecified atom stereocenters. The number of aromatic nitrogens is 1. The Balaban J connectivity index is 2.79. The van der Waals surface area contributed by atoms with Gasteiger partial charge < -0.3 is 0 Å². The van der Waals surface area contributed by atoms with Gasteiger partial charge in [0, 0.05) is 0 Å². The van der Waals surface area contributed by atoms with Crippen LogP contribution in [0.4, 0.5) is 0 Å². The normalized spacial score (nSPS) is 10.2. The summed E-state index contributed by atoms with van der Waals surface area (Å²) in [7, 11) is 0. The van der Waals surface area contributed by atoms with Crippen molar-refractivity contribution in [2.75, 3.05) is 0 Å². The van der Waals surface area contributed by atoms with Crippen LogP contribution in [-0.2, 0) is 0 Å². The lowest BCUT2D eigenvalue weighted by Crippen LogP contribution is -1.67. The molecule has 0 fully saturated rings. The third kappa shape index (κ3) is 0.715. The molecule has 2 aliphatic rings. The smallest absolute Gasteiger partial charge is 0.0909 e. The first-order chi connectivity index (χ1) is 4.47. The molecular weight excluding hydrogens is 130 g/mol. The van der Waals surface area contributed by atoms with Crippen molar-refractivity contribution in [1.82, 2.24) is 4.98 Å². The second-order valence-electron chi connectivity index (χ2n) is 1.75. The second kappa shape index (κ2) is 1.81. The van der Waals surface area contributed by atoms with E-state index in [4.69, 9.17) is 0 Å². The zero-order valence-electron chi connectivity index (χ0n) is 4.66.